The van der Waals surface area contributed by atoms with Crippen molar-refractivity contribution in [2.45, 2.75) is 19.9 Å². The molecule has 186 valence electrons. The number of nitrogens with zero attached hydrogens (tertiary/aromatic N) is 3. The molecule has 0 spiro atoms. The molecule has 1 N–H and O–H groups in total. The third-order valence-corrected chi connectivity index (χ3v) is 6.63. The second kappa shape index (κ2) is 10.4. The van der Waals surface area contributed by atoms with Gasteiger partial charge in [-0.15, -0.1) is 0 Å². The van der Waals surface area contributed by atoms with Gasteiger partial charge in [0.2, 0.25) is 0 Å². The molecule has 4 aromatic rings. The molecule has 0 radical (unpaired) electrons. The molecular formula is C29H32N4O3. The Morgan fingerprint density at radius 3 is 2.33 bits per heavy atom. The lowest BCUT2D eigenvalue weighted by Crippen LogP contribution is -2.36. The number of hydrogen-bond donors (Lipinski definition) is 1. The zero-order valence-corrected chi connectivity index (χ0v) is 21.2. The van der Waals surface area contributed by atoms with Crippen LogP contribution >= 0.6 is 0 Å². The third kappa shape index (κ3) is 4.93. The minimum atomic E-state index is 0.0307. The number of methoxy groups -OCH3 is 2. The Balaban J connectivity index is 1.40. The average molecular weight is 485 g/mol. The van der Waals surface area contributed by atoms with E-state index in [9.17, 15) is 0 Å². The van der Waals surface area contributed by atoms with Gasteiger partial charge in [-0.2, -0.15) is 0 Å². The zero-order chi connectivity index (χ0) is 25.1. The van der Waals surface area contributed by atoms with Gasteiger partial charge in [0.1, 0.15) is 11.6 Å². The first kappa shape index (κ1) is 23.9. The van der Waals surface area contributed by atoms with Crippen molar-refractivity contribution in [1.82, 2.24) is 9.97 Å². The van der Waals surface area contributed by atoms with Gasteiger partial charge in [-0.05, 0) is 54.8 Å². The first-order valence-corrected chi connectivity index (χ1v) is 12.3. The Hall–Kier alpha value is -3.84. The Kier molecular flexibility index (Phi) is 6.91. The Bertz CT molecular complexity index is 1350. The van der Waals surface area contributed by atoms with Crippen molar-refractivity contribution in [3.63, 3.8) is 0 Å². The molecule has 0 aliphatic carbocycles. The molecule has 3 aromatic carbocycles. The Labute approximate surface area is 212 Å². The lowest BCUT2D eigenvalue weighted by Gasteiger charge is -2.29. The fourth-order valence-corrected chi connectivity index (χ4v) is 4.64. The molecule has 5 rings (SSSR count). The average Bonchev–Trinajstić information content (AvgIpc) is 2.93. The van der Waals surface area contributed by atoms with Crippen LogP contribution in [0.25, 0.3) is 22.0 Å². The number of rotatable bonds is 7. The summed E-state index contributed by atoms with van der Waals surface area (Å²) >= 11 is 0. The van der Waals surface area contributed by atoms with Crippen molar-refractivity contribution < 1.29 is 14.2 Å². The van der Waals surface area contributed by atoms with E-state index in [4.69, 9.17) is 19.2 Å². The predicted octanol–water partition coefficient (Wildman–Crippen LogP) is 5.63. The quantitative estimate of drug-likeness (QED) is 0.364. The second-order valence-electron chi connectivity index (χ2n) is 8.98. The summed E-state index contributed by atoms with van der Waals surface area (Å²) in [5.74, 6) is 2.76. The summed E-state index contributed by atoms with van der Waals surface area (Å²) in [6.45, 7) is 7.49. The maximum Gasteiger partial charge on any atom is 0.162 e. The van der Waals surface area contributed by atoms with Crippen molar-refractivity contribution >= 4 is 22.4 Å². The maximum atomic E-state index is 5.51. The van der Waals surface area contributed by atoms with Gasteiger partial charge in [-0.1, -0.05) is 30.3 Å². The van der Waals surface area contributed by atoms with E-state index in [1.165, 1.54) is 22.4 Å². The fourth-order valence-electron chi connectivity index (χ4n) is 4.64. The number of benzene rings is 3. The van der Waals surface area contributed by atoms with Crippen molar-refractivity contribution in [2.75, 3.05) is 50.7 Å². The maximum absolute atomic E-state index is 5.51. The van der Waals surface area contributed by atoms with Gasteiger partial charge in [0.05, 0.1) is 33.0 Å². The molecule has 1 saturated heterocycles. The number of hydrogen-bond acceptors (Lipinski definition) is 7. The molecule has 0 amide bonds. The molecule has 1 aromatic heterocycles. The van der Waals surface area contributed by atoms with Crippen LogP contribution in [0.1, 0.15) is 24.4 Å². The summed E-state index contributed by atoms with van der Waals surface area (Å²) in [5, 5.41) is 4.48. The fraction of sp³-hybridized carbons (Fsp3) is 0.310. The molecule has 1 fully saturated rings. The van der Waals surface area contributed by atoms with Gasteiger partial charge in [-0.3, -0.25) is 0 Å². The van der Waals surface area contributed by atoms with E-state index in [-0.39, 0.29) is 6.04 Å². The van der Waals surface area contributed by atoms with Crippen molar-refractivity contribution in [3.8, 4) is 22.6 Å². The van der Waals surface area contributed by atoms with E-state index in [0.717, 1.165) is 43.0 Å². The molecule has 2 heterocycles. The van der Waals surface area contributed by atoms with E-state index in [1.54, 1.807) is 14.2 Å². The highest BCUT2D eigenvalue weighted by atomic mass is 16.5. The molecule has 1 aliphatic heterocycles. The molecule has 1 atom stereocenters. The first-order chi connectivity index (χ1) is 17.6. The van der Waals surface area contributed by atoms with Crippen LogP contribution in [0.2, 0.25) is 0 Å². The normalized spacial score (nSPS) is 14.5. The van der Waals surface area contributed by atoms with Gasteiger partial charge in [0, 0.05) is 36.3 Å². The molecule has 36 heavy (non-hydrogen) atoms. The van der Waals surface area contributed by atoms with Gasteiger partial charge in [-0.25, -0.2) is 9.97 Å². The number of aryl methyl sites for hydroxylation is 1. The Morgan fingerprint density at radius 2 is 1.61 bits per heavy atom. The number of nitrogens with one attached hydrogen (secondary N) is 1. The molecule has 1 aliphatic rings. The van der Waals surface area contributed by atoms with E-state index in [0.29, 0.717) is 17.3 Å². The lowest BCUT2D eigenvalue weighted by molar-refractivity contribution is 0.122. The van der Waals surface area contributed by atoms with Crippen LogP contribution in [0.3, 0.4) is 0 Å². The van der Waals surface area contributed by atoms with Crippen LogP contribution in [-0.2, 0) is 4.74 Å². The summed E-state index contributed by atoms with van der Waals surface area (Å²) in [6, 6.07) is 21.3. The van der Waals surface area contributed by atoms with Crippen LogP contribution in [0.15, 0.2) is 60.7 Å². The highest BCUT2D eigenvalue weighted by molar-refractivity contribution is 5.92. The van der Waals surface area contributed by atoms with Gasteiger partial charge in [0.15, 0.2) is 11.5 Å². The van der Waals surface area contributed by atoms with Crippen molar-refractivity contribution in [2.24, 2.45) is 0 Å². The standard InChI is InChI=1S/C29H32N4O3/c1-19(30-29-25-17-27(34-3)28(35-4)18-26(25)31-20(2)32-29)22-6-5-7-23(16-22)21-8-10-24(11-9-21)33-12-14-36-15-13-33/h5-11,16-19H,12-15H2,1-4H3,(H,30,31,32). The SMILES string of the molecule is COc1cc2nc(C)nc(NC(C)c3cccc(-c4ccc(N5CCOCC5)cc4)c3)c2cc1OC. The smallest absolute Gasteiger partial charge is 0.162 e. The van der Waals surface area contributed by atoms with Crippen LogP contribution < -0.4 is 19.7 Å². The van der Waals surface area contributed by atoms with Gasteiger partial charge in [0.25, 0.3) is 0 Å². The van der Waals surface area contributed by atoms with Gasteiger partial charge < -0.3 is 24.4 Å². The predicted molar refractivity (Wildman–Crippen MR) is 144 cm³/mol. The van der Waals surface area contributed by atoms with E-state index in [1.807, 2.05) is 19.1 Å². The topological polar surface area (TPSA) is 68.7 Å². The number of aromatic nitrogens is 2. The summed E-state index contributed by atoms with van der Waals surface area (Å²) in [4.78, 5) is 11.7. The summed E-state index contributed by atoms with van der Waals surface area (Å²) in [5.41, 5.74) is 5.61. The lowest BCUT2D eigenvalue weighted by atomic mass is 9.99. The summed E-state index contributed by atoms with van der Waals surface area (Å²) < 4.78 is 16.4. The minimum Gasteiger partial charge on any atom is -0.493 e. The van der Waals surface area contributed by atoms with E-state index >= 15 is 0 Å². The zero-order valence-electron chi connectivity index (χ0n) is 21.2. The first-order valence-electron chi connectivity index (χ1n) is 12.3. The molecule has 0 saturated carbocycles. The molecule has 7 heteroatoms. The third-order valence-electron chi connectivity index (χ3n) is 6.63. The van der Waals surface area contributed by atoms with E-state index < -0.39 is 0 Å². The minimum absolute atomic E-state index is 0.0307. The largest absolute Gasteiger partial charge is 0.493 e. The van der Waals surface area contributed by atoms with Crippen LogP contribution in [0.4, 0.5) is 11.5 Å². The number of ether oxygens (including phenoxy) is 3. The van der Waals surface area contributed by atoms with Crippen LogP contribution in [-0.4, -0.2) is 50.5 Å². The molecule has 0 bridgehead atoms. The number of fused-ring (bicyclic) bond motifs is 1. The second-order valence-corrected chi connectivity index (χ2v) is 8.98. The number of morpholine rings is 1. The van der Waals surface area contributed by atoms with Crippen LogP contribution in [0.5, 0.6) is 11.5 Å². The highest BCUT2D eigenvalue weighted by Crippen LogP contribution is 2.35. The summed E-state index contributed by atoms with van der Waals surface area (Å²) in [6.07, 6.45) is 0. The van der Waals surface area contributed by atoms with Crippen LogP contribution in [0, 0.1) is 6.92 Å². The highest BCUT2D eigenvalue weighted by Gasteiger charge is 2.15. The summed E-state index contributed by atoms with van der Waals surface area (Å²) in [7, 11) is 3.26. The van der Waals surface area contributed by atoms with E-state index in [2.05, 4.69) is 70.7 Å². The molecular weight excluding hydrogens is 452 g/mol. The monoisotopic (exact) mass is 484 g/mol. The Morgan fingerprint density at radius 1 is 0.889 bits per heavy atom. The molecule has 1 unspecified atom stereocenters. The molecule has 7 nitrogen and oxygen atoms in total. The van der Waals surface area contributed by atoms with Crippen molar-refractivity contribution in [3.05, 3.63) is 72.1 Å². The number of anilines is 2. The van der Waals surface area contributed by atoms with Gasteiger partial charge >= 0.3 is 0 Å². The van der Waals surface area contributed by atoms with Crippen molar-refractivity contribution in [1.29, 1.82) is 0 Å².